The van der Waals surface area contributed by atoms with Gasteiger partial charge in [0.05, 0.1) is 18.0 Å². The first kappa shape index (κ1) is 18.8. The zero-order valence-electron chi connectivity index (χ0n) is 14.5. The van der Waals surface area contributed by atoms with E-state index in [1.165, 1.54) is 12.4 Å². The molecule has 1 N–H and O–H groups in total. The zero-order valence-corrected chi connectivity index (χ0v) is 15.3. The smallest absolute Gasteiger partial charge is 0.237 e. The molecule has 0 bridgehead atoms. The van der Waals surface area contributed by atoms with E-state index in [1.54, 1.807) is 24.7 Å². The Morgan fingerprint density at radius 1 is 1.19 bits per heavy atom. The van der Waals surface area contributed by atoms with Gasteiger partial charge in [-0.25, -0.2) is 8.78 Å². The van der Waals surface area contributed by atoms with Crippen LogP contribution >= 0.6 is 11.8 Å². The number of amides is 1. The summed E-state index contributed by atoms with van der Waals surface area (Å²) in [6.07, 6.45) is 1.50. The highest BCUT2D eigenvalue weighted by atomic mass is 32.2. The van der Waals surface area contributed by atoms with Gasteiger partial charge < -0.3 is 10.1 Å². The third kappa shape index (κ3) is 4.08. The molecule has 0 saturated carbocycles. The maximum Gasteiger partial charge on any atom is 0.237 e. The average molecular weight is 390 g/mol. The van der Waals surface area contributed by atoms with Gasteiger partial charge in [-0.05, 0) is 31.2 Å². The number of halogens is 2. The molecule has 140 valence electrons. The molecule has 0 spiro atoms. The van der Waals surface area contributed by atoms with E-state index in [1.807, 2.05) is 18.2 Å². The summed E-state index contributed by atoms with van der Waals surface area (Å²) < 4.78 is 34.4. The highest BCUT2D eigenvalue weighted by molar-refractivity contribution is 8.00. The van der Waals surface area contributed by atoms with Crippen LogP contribution in [0, 0.1) is 11.6 Å². The molecule has 3 aromatic rings. The van der Waals surface area contributed by atoms with Gasteiger partial charge >= 0.3 is 0 Å². The monoisotopic (exact) mass is 390 g/mol. The number of para-hydroxylation sites is 3. The summed E-state index contributed by atoms with van der Waals surface area (Å²) in [6, 6.07) is 10.7. The second-order valence-electron chi connectivity index (χ2n) is 5.50. The van der Waals surface area contributed by atoms with Gasteiger partial charge in [0.15, 0.2) is 5.16 Å². The minimum Gasteiger partial charge on any atom is -0.495 e. The summed E-state index contributed by atoms with van der Waals surface area (Å²) in [5, 5.41) is 9.95. The lowest BCUT2D eigenvalue weighted by Gasteiger charge is -2.14. The highest BCUT2D eigenvalue weighted by Crippen LogP contribution is 2.29. The molecule has 0 fully saturated rings. The third-order valence-corrected chi connectivity index (χ3v) is 4.78. The van der Waals surface area contributed by atoms with Crippen LogP contribution in [0.3, 0.4) is 0 Å². The fraction of sp³-hybridized carbons (Fsp3) is 0.167. The molecule has 1 atom stereocenters. The van der Waals surface area contributed by atoms with E-state index < -0.39 is 28.5 Å². The van der Waals surface area contributed by atoms with Crippen LogP contribution < -0.4 is 10.1 Å². The van der Waals surface area contributed by atoms with Crippen molar-refractivity contribution in [3.63, 3.8) is 0 Å². The van der Waals surface area contributed by atoms with E-state index in [2.05, 4.69) is 15.5 Å². The molecule has 27 heavy (non-hydrogen) atoms. The molecule has 3 rings (SSSR count). The zero-order chi connectivity index (χ0) is 19.4. The lowest BCUT2D eigenvalue weighted by atomic mass is 10.3. The van der Waals surface area contributed by atoms with E-state index in [0.717, 1.165) is 23.9 Å². The summed E-state index contributed by atoms with van der Waals surface area (Å²) in [5.41, 5.74) is 0.237. The third-order valence-electron chi connectivity index (χ3n) is 3.72. The minimum atomic E-state index is -0.835. The number of methoxy groups -OCH3 is 1. The maximum atomic E-state index is 13.7. The van der Waals surface area contributed by atoms with Crippen molar-refractivity contribution in [1.29, 1.82) is 0 Å². The summed E-state index contributed by atoms with van der Waals surface area (Å²) in [5.74, 6) is -1.61. The lowest BCUT2D eigenvalue weighted by Crippen LogP contribution is -2.24. The molecule has 1 amide bonds. The number of nitrogens with zero attached hydrogens (tertiary/aromatic N) is 3. The summed E-state index contributed by atoms with van der Waals surface area (Å²) >= 11 is 1.11. The maximum absolute atomic E-state index is 13.7. The number of rotatable bonds is 6. The van der Waals surface area contributed by atoms with Crippen molar-refractivity contribution in [1.82, 2.24) is 14.8 Å². The largest absolute Gasteiger partial charge is 0.495 e. The summed E-state index contributed by atoms with van der Waals surface area (Å²) in [4.78, 5) is 12.4. The van der Waals surface area contributed by atoms with Crippen LogP contribution in [-0.2, 0) is 4.79 Å². The normalized spacial score (nSPS) is 11.9. The van der Waals surface area contributed by atoms with Gasteiger partial charge in [0.2, 0.25) is 5.91 Å². The number of carbonyl (C=O) groups excluding carboxylic acids is 1. The Balaban J connectivity index is 1.78. The van der Waals surface area contributed by atoms with Crippen LogP contribution in [0.5, 0.6) is 5.75 Å². The predicted molar refractivity (Wildman–Crippen MR) is 98.2 cm³/mol. The van der Waals surface area contributed by atoms with Crippen LogP contribution in [-0.4, -0.2) is 33.0 Å². The van der Waals surface area contributed by atoms with Gasteiger partial charge in [-0.15, -0.1) is 10.2 Å². The topological polar surface area (TPSA) is 69.0 Å². The van der Waals surface area contributed by atoms with E-state index in [-0.39, 0.29) is 0 Å². The Kier molecular flexibility index (Phi) is 5.70. The molecule has 0 saturated heterocycles. The molecule has 0 aliphatic rings. The quantitative estimate of drug-likeness (QED) is 0.651. The first-order valence-electron chi connectivity index (χ1n) is 7.96. The molecule has 0 radical (unpaired) electrons. The van der Waals surface area contributed by atoms with Crippen molar-refractivity contribution >= 4 is 23.4 Å². The number of aromatic nitrogens is 3. The van der Waals surface area contributed by atoms with Crippen LogP contribution in [0.15, 0.2) is 53.9 Å². The fourth-order valence-corrected chi connectivity index (χ4v) is 3.19. The minimum absolute atomic E-state index is 0.441. The molecule has 0 aliphatic carbocycles. The number of hydrogen-bond acceptors (Lipinski definition) is 5. The molecule has 1 aromatic heterocycles. The van der Waals surface area contributed by atoms with Gasteiger partial charge in [-0.3, -0.25) is 9.36 Å². The van der Waals surface area contributed by atoms with Crippen molar-refractivity contribution in [2.24, 2.45) is 0 Å². The van der Waals surface area contributed by atoms with Gasteiger partial charge in [-0.2, -0.15) is 0 Å². The van der Waals surface area contributed by atoms with Crippen LogP contribution in [0.1, 0.15) is 6.92 Å². The second kappa shape index (κ2) is 8.17. The van der Waals surface area contributed by atoms with Crippen molar-refractivity contribution in [3.8, 4) is 11.4 Å². The van der Waals surface area contributed by atoms with Crippen LogP contribution in [0.2, 0.25) is 0 Å². The Morgan fingerprint density at radius 2 is 1.89 bits per heavy atom. The highest BCUT2D eigenvalue weighted by Gasteiger charge is 2.21. The van der Waals surface area contributed by atoms with Crippen LogP contribution in [0.25, 0.3) is 5.69 Å². The predicted octanol–water partition coefficient (Wildman–Crippen LogP) is 3.67. The summed E-state index contributed by atoms with van der Waals surface area (Å²) in [6.45, 7) is 1.61. The summed E-state index contributed by atoms with van der Waals surface area (Å²) in [7, 11) is 1.55. The van der Waals surface area contributed by atoms with E-state index in [4.69, 9.17) is 4.74 Å². The number of anilines is 1. The SMILES string of the molecule is COc1ccccc1-n1cnnc1SC(C)C(=O)Nc1c(F)cccc1F. The van der Waals surface area contributed by atoms with E-state index >= 15 is 0 Å². The standard InChI is InChI=1S/C18H16F2N4O2S/c1-11(17(25)22-16-12(19)6-5-7-13(16)20)27-18-23-21-10-24(18)14-8-3-4-9-15(14)26-2/h3-11H,1-2H3,(H,22,25). The van der Waals surface area contributed by atoms with Crippen molar-refractivity contribution in [2.45, 2.75) is 17.3 Å². The Hall–Kier alpha value is -2.94. The molecular formula is C18H16F2N4O2S. The number of ether oxygens (including phenoxy) is 1. The molecule has 1 heterocycles. The van der Waals surface area contributed by atoms with Crippen molar-refractivity contribution in [3.05, 3.63) is 60.4 Å². The second-order valence-corrected chi connectivity index (χ2v) is 6.81. The van der Waals surface area contributed by atoms with Gasteiger partial charge in [0.1, 0.15) is 29.4 Å². The number of nitrogens with one attached hydrogen (secondary N) is 1. The Bertz CT molecular complexity index is 944. The van der Waals surface area contributed by atoms with Crippen molar-refractivity contribution in [2.75, 3.05) is 12.4 Å². The molecule has 9 heteroatoms. The van der Waals surface area contributed by atoms with E-state index in [0.29, 0.717) is 16.6 Å². The Labute approximate surface area is 158 Å². The molecular weight excluding hydrogens is 374 g/mol. The van der Waals surface area contributed by atoms with Gasteiger partial charge in [-0.1, -0.05) is 30.0 Å². The number of thioether (sulfide) groups is 1. The van der Waals surface area contributed by atoms with E-state index in [9.17, 15) is 13.6 Å². The molecule has 1 unspecified atom stereocenters. The lowest BCUT2D eigenvalue weighted by molar-refractivity contribution is -0.115. The average Bonchev–Trinajstić information content (AvgIpc) is 3.12. The number of hydrogen-bond donors (Lipinski definition) is 1. The molecule has 6 nitrogen and oxygen atoms in total. The van der Waals surface area contributed by atoms with Gasteiger partial charge in [0, 0.05) is 0 Å². The van der Waals surface area contributed by atoms with Gasteiger partial charge in [0.25, 0.3) is 0 Å². The number of benzene rings is 2. The molecule has 2 aromatic carbocycles. The molecule has 0 aliphatic heterocycles. The first-order chi connectivity index (χ1) is 13.0. The fourth-order valence-electron chi connectivity index (χ4n) is 2.35. The van der Waals surface area contributed by atoms with Crippen LogP contribution in [0.4, 0.5) is 14.5 Å². The van der Waals surface area contributed by atoms with Crippen molar-refractivity contribution < 1.29 is 18.3 Å². The number of carbonyl (C=O) groups is 1. The first-order valence-corrected chi connectivity index (χ1v) is 8.84. The Morgan fingerprint density at radius 3 is 2.59 bits per heavy atom.